The fraction of sp³-hybridized carbons (Fsp3) is 0.143. The summed E-state index contributed by atoms with van der Waals surface area (Å²) in [5, 5.41) is 0. The van der Waals surface area contributed by atoms with Crippen LogP contribution < -0.4 is 68.9 Å². The van der Waals surface area contributed by atoms with Crippen LogP contribution in [0.15, 0.2) is 29.2 Å². The maximum absolute atomic E-state index is 12.6. The maximum Gasteiger partial charge on any atom is 1.00 e. The van der Waals surface area contributed by atoms with E-state index in [0.29, 0.717) is 0 Å². The summed E-state index contributed by atoms with van der Waals surface area (Å²) in [6.45, 7) is 0. The minimum absolute atomic E-state index is 0. The molecule has 2 nitrogen and oxygen atoms in total. The molecule has 0 aliphatic rings. The van der Waals surface area contributed by atoms with Crippen molar-refractivity contribution in [2.75, 3.05) is 0 Å². The van der Waals surface area contributed by atoms with E-state index in [-0.39, 0.29) is 85.6 Å². The van der Waals surface area contributed by atoms with Gasteiger partial charge in [0.1, 0.15) is 5.82 Å². The second-order valence-electron chi connectivity index (χ2n) is 2.25. The predicted octanol–water partition coefficient (Wildman–Crippen LogP) is -0.649. The summed E-state index contributed by atoms with van der Waals surface area (Å²) in [7, 11) is 0. The molecule has 15 heavy (non-hydrogen) atoms. The summed E-state index contributed by atoms with van der Waals surface area (Å²) < 4.78 is 53.7. The molecule has 0 aromatic heterocycles. The number of halogens is 3. The molecule has 0 amide bonds. The zero-order valence-electron chi connectivity index (χ0n) is 7.58. The Labute approximate surface area is 150 Å². The van der Waals surface area contributed by atoms with Gasteiger partial charge in [0.25, 0.3) is 0 Å². The van der Waals surface area contributed by atoms with E-state index >= 15 is 0 Å². The normalized spacial score (nSPS) is 13.1. The Balaban J connectivity index is 0.00000196. The number of thioether (sulfide) groups is 1. The van der Waals surface area contributed by atoms with Gasteiger partial charge in [-0.15, -0.1) is 0 Å². The van der Waals surface area contributed by atoms with Gasteiger partial charge in [-0.25, -0.2) is 4.39 Å². The SMILES string of the molecule is O=S([O-])C(F)(F)Sc1ccc(F)cc1.[Cs+]. The first-order valence-corrected chi connectivity index (χ1v) is 5.23. The fourth-order valence-corrected chi connectivity index (χ4v) is 1.78. The average molecular weight is 374 g/mol. The molecule has 0 N–H and O–H groups in total. The first-order chi connectivity index (χ1) is 6.42. The smallest absolute Gasteiger partial charge is 0.767 e. The molecule has 0 aliphatic heterocycles. The van der Waals surface area contributed by atoms with Gasteiger partial charge in [0.05, 0.1) is 0 Å². The molecular formula is C7H4CsF3O2S2. The summed E-state index contributed by atoms with van der Waals surface area (Å²) in [4.78, 5) is -0.0133. The third-order valence-corrected chi connectivity index (χ3v) is 3.04. The van der Waals surface area contributed by atoms with Crippen LogP contribution in [0.5, 0.6) is 0 Å². The van der Waals surface area contributed by atoms with Crippen LogP contribution >= 0.6 is 11.8 Å². The molecule has 0 radical (unpaired) electrons. The minimum atomic E-state index is -3.89. The monoisotopic (exact) mass is 374 g/mol. The van der Waals surface area contributed by atoms with E-state index in [1.807, 2.05) is 0 Å². The second kappa shape index (κ2) is 7.07. The summed E-state index contributed by atoms with van der Waals surface area (Å²) >= 11 is -3.65. The van der Waals surface area contributed by atoms with Crippen molar-refractivity contribution in [2.45, 2.75) is 9.48 Å². The van der Waals surface area contributed by atoms with Gasteiger partial charge in [-0.05, 0) is 36.0 Å². The van der Waals surface area contributed by atoms with Crippen molar-refractivity contribution in [2.24, 2.45) is 0 Å². The Morgan fingerprint density at radius 1 is 1.27 bits per heavy atom. The maximum atomic E-state index is 12.6. The largest absolute Gasteiger partial charge is 1.00 e. The molecule has 1 unspecified atom stereocenters. The van der Waals surface area contributed by atoms with Crippen LogP contribution in [0.4, 0.5) is 13.2 Å². The second-order valence-corrected chi connectivity index (χ2v) is 4.68. The van der Waals surface area contributed by atoms with Gasteiger partial charge in [-0.3, -0.25) is 4.21 Å². The third kappa shape index (κ3) is 5.60. The fourth-order valence-electron chi connectivity index (χ4n) is 0.674. The minimum Gasteiger partial charge on any atom is -0.767 e. The van der Waals surface area contributed by atoms with Gasteiger partial charge in [0.15, 0.2) is 0 Å². The zero-order valence-corrected chi connectivity index (χ0v) is 15.5. The molecule has 0 fully saturated rings. The van der Waals surface area contributed by atoms with Crippen LogP contribution in [-0.4, -0.2) is 13.3 Å². The van der Waals surface area contributed by atoms with E-state index in [2.05, 4.69) is 0 Å². The van der Waals surface area contributed by atoms with Crippen molar-refractivity contribution in [3.8, 4) is 0 Å². The molecule has 78 valence electrons. The van der Waals surface area contributed by atoms with Crippen molar-refractivity contribution >= 4 is 22.8 Å². The van der Waals surface area contributed by atoms with E-state index in [1.54, 1.807) is 0 Å². The standard InChI is InChI=1S/C7H5F3O2S2.Cs/c8-5-1-3-6(4-2-5)13-7(9,10)14(11)12;/h1-4H,(H,11,12);/q;+1/p-1. The Bertz CT molecular complexity index is 345. The Kier molecular flexibility index (Phi) is 7.78. The molecule has 1 aromatic rings. The van der Waals surface area contributed by atoms with Crippen LogP contribution in [0.25, 0.3) is 0 Å². The van der Waals surface area contributed by atoms with Crippen molar-refractivity contribution < 1.29 is 90.8 Å². The van der Waals surface area contributed by atoms with Crippen molar-refractivity contribution in [1.29, 1.82) is 0 Å². The van der Waals surface area contributed by atoms with Gasteiger partial charge in [-0.2, -0.15) is 8.78 Å². The molecule has 1 rings (SSSR count). The molecule has 0 spiro atoms. The van der Waals surface area contributed by atoms with Gasteiger partial charge < -0.3 is 4.55 Å². The molecule has 0 saturated carbocycles. The summed E-state index contributed by atoms with van der Waals surface area (Å²) in [6.07, 6.45) is 0. The number of rotatable bonds is 3. The summed E-state index contributed by atoms with van der Waals surface area (Å²) in [5.41, 5.74) is 0. The van der Waals surface area contributed by atoms with E-state index < -0.39 is 21.5 Å². The first-order valence-electron chi connectivity index (χ1n) is 3.33. The van der Waals surface area contributed by atoms with Crippen molar-refractivity contribution in [3.63, 3.8) is 0 Å². The molecule has 0 heterocycles. The first kappa shape index (κ1) is 16.5. The van der Waals surface area contributed by atoms with Gasteiger partial charge >= 0.3 is 73.5 Å². The average Bonchev–Trinajstić information content (AvgIpc) is 2.08. The van der Waals surface area contributed by atoms with Crippen LogP contribution in [0, 0.1) is 5.82 Å². The quantitative estimate of drug-likeness (QED) is 0.522. The van der Waals surface area contributed by atoms with Gasteiger partial charge in [0.2, 0.25) is 0 Å². The Morgan fingerprint density at radius 2 is 1.73 bits per heavy atom. The van der Waals surface area contributed by atoms with Crippen molar-refractivity contribution in [1.82, 2.24) is 0 Å². The van der Waals surface area contributed by atoms with E-state index in [9.17, 15) is 21.9 Å². The summed E-state index contributed by atoms with van der Waals surface area (Å²) in [5.74, 6) is -0.569. The zero-order chi connectivity index (χ0) is 10.8. The van der Waals surface area contributed by atoms with Crippen LogP contribution in [-0.2, 0) is 11.1 Å². The van der Waals surface area contributed by atoms with Crippen molar-refractivity contribution in [3.05, 3.63) is 30.1 Å². The molecular weight excluding hydrogens is 370 g/mol. The molecule has 1 aromatic carbocycles. The van der Waals surface area contributed by atoms with Gasteiger partial charge in [0, 0.05) is 16.0 Å². The van der Waals surface area contributed by atoms with E-state index in [0.717, 1.165) is 24.3 Å². The topological polar surface area (TPSA) is 40.1 Å². The Morgan fingerprint density at radius 3 is 2.13 bits per heavy atom. The number of hydrogen-bond donors (Lipinski definition) is 0. The summed E-state index contributed by atoms with van der Waals surface area (Å²) in [6, 6.07) is 4.12. The molecule has 0 aliphatic carbocycles. The van der Waals surface area contributed by atoms with Gasteiger partial charge in [-0.1, -0.05) is 0 Å². The van der Waals surface area contributed by atoms with E-state index in [4.69, 9.17) is 0 Å². The number of alkyl halides is 2. The Hall–Kier alpha value is 1.52. The third-order valence-electron chi connectivity index (χ3n) is 1.24. The molecule has 1 atom stereocenters. The molecule has 0 bridgehead atoms. The molecule has 8 heteroatoms. The molecule has 0 saturated heterocycles. The predicted molar refractivity (Wildman–Crippen MR) is 46.1 cm³/mol. The van der Waals surface area contributed by atoms with Crippen LogP contribution in [0.2, 0.25) is 0 Å². The van der Waals surface area contributed by atoms with E-state index in [1.165, 1.54) is 0 Å². The number of benzene rings is 1. The number of hydrogen-bond acceptors (Lipinski definition) is 3. The van der Waals surface area contributed by atoms with Crippen LogP contribution in [0.3, 0.4) is 0 Å². The van der Waals surface area contributed by atoms with Crippen LogP contribution in [0.1, 0.15) is 0 Å².